The lowest BCUT2D eigenvalue weighted by molar-refractivity contribution is 0.0468. The third kappa shape index (κ3) is 7.50. The molecule has 0 aliphatic heterocycles. The van der Waals surface area contributed by atoms with Crippen LogP contribution in [0.4, 0.5) is 0 Å². The molecule has 1 fully saturated rings. The molecule has 152 valence electrons. The fourth-order valence-electron chi connectivity index (χ4n) is 3.45. The first kappa shape index (κ1) is 21.7. The smallest absolute Gasteiger partial charge is 0.191 e. The lowest BCUT2D eigenvalue weighted by Crippen LogP contribution is -2.39. The lowest BCUT2D eigenvalue weighted by Gasteiger charge is -2.17. The fraction of sp³-hybridized carbons (Fsp3) is 0.650. The molecule has 1 aromatic rings. The van der Waals surface area contributed by atoms with Crippen LogP contribution in [0.2, 0.25) is 0 Å². The van der Waals surface area contributed by atoms with E-state index in [2.05, 4.69) is 15.6 Å². The molecular formula is C20H33N3O3S. The van der Waals surface area contributed by atoms with E-state index in [0.717, 1.165) is 11.1 Å². The van der Waals surface area contributed by atoms with E-state index in [0.29, 0.717) is 36.7 Å². The molecular weight excluding hydrogens is 362 g/mol. The van der Waals surface area contributed by atoms with E-state index < -0.39 is 9.84 Å². The molecule has 1 aliphatic rings. The van der Waals surface area contributed by atoms with E-state index in [4.69, 9.17) is 4.74 Å². The normalized spacial score (nSPS) is 16.8. The monoisotopic (exact) mass is 395 g/mol. The van der Waals surface area contributed by atoms with Crippen LogP contribution in [0.3, 0.4) is 0 Å². The summed E-state index contributed by atoms with van der Waals surface area (Å²) in [5, 5.41) is 6.52. The first-order valence-corrected chi connectivity index (χ1v) is 11.6. The SMILES string of the molecule is CN=C(NCCOC1CCCCCC1)NCc1ccc(S(C)(=O)=O)c(C)c1. The van der Waals surface area contributed by atoms with E-state index in [1.54, 1.807) is 13.1 Å². The van der Waals surface area contributed by atoms with Crippen molar-refractivity contribution in [3.8, 4) is 0 Å². The second kappa shape index (κ2) is 10.7. The molecule has 7 heteroatoms. The predicted octanol–water partition coefficient (Wildman–Crippen LogP) is 2.80. The number of rotatable bonds is 7. The van der Waals surface area contributed by atoms with Crippen molar-refractivity contribution in [3.63, 3.8) is 0 Å². The summed E-state index contributed by atoms with van der Waals surface area (Å²) in [7, 11) is -1.45. The number of aryl methyl sites for hydroxylation is 1. The quantitative estimate of drug-likeness (QED) is 0.321. The van der Waals surface area contributed by atoms with Crippen molar-refractivity contribution in [1.82, 2.24) is 10.6 Å². The van der Waals surface area contributed by atoms with Gasteiger partial charge in [-0.25, -0.2) is 8.42 Å². The van der Waals surface area contributed by atoms with Gasteiger partial charge in [-0.05, 0) is 37.0 Å². The fourth-order valence-corrected chi connectivity index (χ4v) is 4.41. The number of hydrogen-bond acceptors (Lipinski definition) is 4. The predicted molar refractivity (Wildman–Crippen MR) is 110 cm³/mol. The molecule has 0 saturated heterocycles. The molecule has 6 nitrogen and oxygen atoms in total. The minimum absolute atomic E-state index is 0.379. The average Bonchev–Trinajstić information content (AvgIpc) is 2.89. The van der Waals surface area contributed by atoms with Crippen molar-refractivity contribution < 1.29 is 13.2 Å². The number of benzene rings is 1. The maximum Gasteiger partial charge on any atom is 0.191 e. The van der Waals surface area contributed by atoms with Crippen molar-refractivity contribution in [2.45, 2.75) is 63.0 Å². The molecule has 1 aromatic carbocycles. The molecule has 2 rings (SSSR count). The Hall–Kier alpha value is -1.60. The van der Waals surface area contributed by atoms with Crippen LogP contribution < -0.4 is 10.6 Å². The van der Waals surface area contributed by atoms with Gasteiger partial charge in [-0.2, -0.15) is 0 Å². The summed E-state index contributed by atoms with van der Waals surface area (Å²) in [5.41, 5.74) is 1.77. The molecule has 2 N–H and O–H groups in total. The van der Waals surface area contributed by atoms with E-state index in [-0.39, 0.29) is 0 Å². The zero-order valence-corrected chi connectivity index (χ0v) is 17.6. The van der Waals surface area contributed by atoms with Gasteiger partial charge in [-0.15, -0.1) is 0 Å². The van der Waals surface area contributed by atoms with Gasteiger partial charge in [0.05, 0.1) is 17.6 Å². The summed E-state index contributed by atoms with van der Waals surface area (Å²) < 4.78 is 29.4. The Kier molecular flexibility index (Phi) is 8.57. The molecule has 27 heavy (non-hydrogen) atoms. The van der Waals surface area contributed by atoms with E-state index >= 15 is 0 Å². The van der Waals surface area contributed by atoms with Crippen LogP contribution in [-0.4, -0.2) is 46.9 Å². The molecule has 1 aliphatic carbocycles. The van der Waals surface area contributed by atoms with Gasteiger partial charge in [0, 0.05) is 26.4 Å². The van der Waals surface area contributed by atoms with Crippen molar-refractivity contribution in [2.24, 2.45) is 4.99 Å². The van der Waals surface area contributed by atoms with Crippen molar-refractivity contribution in [2.75, 3.05) is 26.5 Å². The minimum Gasteiger partial charge on any atom is -0.376 e. The summed E-state index contributed by atoms with van der Waals surface area (Å²) in [4.78, 5) is 4.60. The lowest BCUT2D eigenvalue weighted by atomic mass is 10.1. The second-order valence-electron chi connectivity index (χ2n) is 7.21. The van der Waals surface area contributed by atoms with Crippen LogP contribution in [0.1, 0.15) is 49.7 Å². The first-order valence-electron chi connectivity index (χ1n) is 9.76. The van der Waals surface area contributed by atoms with Gasteiger partial charge >= 0.3 is 0 Å². The summed E-state index contributed by atoms with van der Waals surface area (Å²) in [5.74, 6) is 0.712. The van der Waals surface area contributed by atoms with Gasteiger partial charge in [0.2, 0.25) is 0 Å². The number of guanidine groups is 1. The molecule has 0 bridgehead atoms. The molecule has 0 amide bonds. The van der Waals surface area contributed by atoms with E-state index in [1.807, 2.05) is 19.1 Å². The highest BCUT2D eigenvalue weighted by atomic mass is 32.2. The Morgan fingerprint density at radius 1 is 1.19 bits per heavy atom. The van der Waals surface area contributed by atoms with Gasteiger partial charge in [0.15, 0.2) is 15.8 Å². The molecule has 0 radical (unpaired) electrons. The molecule has 0 unspecified atom stereocenters. The number of nitrogens with one attached hydrogen (secondary N) is 2. The highest BCUT2D eigenvalue weighted by molar-refractivity contribution is 7.90. The highest BCUT2D eigenvalue weighted by Gasteiger charge is 2.12. The topological polar surface area (TPSA) is 79.8 Å². The van der Waals surface area contributed by atoms with Crippen molar-refractivity contribution in [3.05, 3.63) is 29.3 Å². The number of sulfone groups is 1. The Morgan fingerprint density at radius 3 is 2.48 bits per heavy atom. The maximum absolute atomic E-state index is 11.7. The van der Waals surface area contributed by atoms with Crippen molar-refractivity contribution >= 4 is 15.8 Å². The first-order chi connectivity index (χ1) is 12.9. The number of hydrogen-bond donors (Lipinski definition) is 2. The summed E-state index contributed by atoms with van der Waals surface area (Å²) in [6.45, 7) is 3.78. The molecule has 1 saturated carbocycles. The standard InChI is InChI=1S/C20H33N3O3S/c1-16-14-17(10-11-19(16)27(3,24)25)15-23-20(21-2)22-12-13-26-18-8-6-4-5-7-9-18/h10-11,14,18H,4-9,12-13,15H2,1-3H3,(H2,21,22,23). The highest BCUT2D eigenvalue weighted by Crippen LogP contribution is 2.19. The van der Waals surface area contributed by atoms with Gasteiger partial charge in [-0.3, -0.25) is 4.99 Å². The van der Waals surface area contributed by atoms with Crippen LogP contribution in [0.5, 0.6) is 0 Å². The molecule has 0 aromatic heterocycles. The largest absolute Gasteiger partial charge is 0.376 e. The van der Waals surface area contributed by atoms with Gasteiger partial charge in [-0.1, -0.05) is 37.8 Å². The van der Waals surface area contributed by atoms with Crippen LogP contribution in [-0.2, 0) is 21.1 Å². The third-order valence-corrected chi connectivity index (χ3v) is 6.13. The Morgan fingerprint density at radius 2 is 1.89 bits per heavy atom. The van der Waals surface area contributed by atoms with Gasteiger partial charge in [0.25, 0.3) is 0 Å². The number of nitrogens with zero attached hydrogens (tertiary/aromatic N) is 1. The zero-order chi connectivity index (χ0) is 19.7. The van der Waals surface area contributed by atoms with Gasteiger partial charge < -0.3 is 15.4 Å². The third-order valence-electron chi connectivity index (χ3n) is 4.87. The Bertz CT molecular complexity index is 724. The number of ether oxygens (including phenoxy) is 1. The Labute approximate surface area is 163 Å². The average molecular weight is 396 g/mol. The van der Waals surface area contributed by atoms with Crippen LogP contribution >= 0.6 is 0 Å². The van der Waals surface area contributed by atoms with Gasteiger partial charge in [0.1, 0.15) is 0 Å². The summed E-state index contributed by atoms with van der Waals surface area (Å²) >= 11 is 0. The zero-order valence-electron chi connectivity index (χ0n) is 16.8. The second-order valence-corrected chi connectivity index (χ2v) is 9.19. The molecule has 0 spiro atoms. The minimum atomic E-state index is -3.18. The summed E-state index contributed by atoms with van der Waals surface area (Å²) in [6, 6.07) is 5.39. The Balaban J connectivity index is 1.74. The number of aliphatic imine (C=N–C) groups is 1. The van der Waals surface area contributed by atoms with E-state index in [1.165, 1.54) is 44.8 Å². The maximum atomic E-state index is 11.7. The van der Waals surface area contributed by atoms with E-state index in [9.17, 15) is 8.42 Å². The summed E-state index contributed by atoms with van der Waals surface area (Å²) in [6.07, 6.45) is 9.21. The van der Waals surface area contributed by atoms with Crippen molar-refractivity contribution in [1.29, 1.82) is 0 Å². The van der Waals surface area contributed by atoms with Crippen LogP contribution in [0, 0.1) is 6.92 Å². The van der Waals surface area contributed by atoms with Crippen LogP contribution in [0.15, 0.2) is 28.1 Å². The molecule has 0 heterocycles. The van der Waals surface area contributed by atoms with Crippen LogP contribution in [0.25, 0.3) is 0 Å². The molecule has 0 atom stereocenters.